The van der Waals surface area contributed by atoms with Crippen LogP contribution in [0.15, 0.2) is 66.7 Å². The number of nitrogens with one attached hydrogen (secondary N) is 2. The third-order valence-electron chi connectivity index (χ3n) is 4.32. The Morgan fingerprint density at radius 3 is 2.50 bits per heavy atom. The summed E-state index contributed by atoms with van der Waals surface area (Å²) in [6, 6.07) is 21.4. The van der Waals surface area contributed by atoms with Gasteiger partial charge in [-0.05, 0) is 36.6 Å². The van der Waals surface area contributed by atoms with Crippen LogP contribution in [0.1, 0.15) is 28.0 Å². The fraction of sp³-hybridized carbons (Fsp3) is 0.227. The Morgan fingerprint density at radius 2 is 1.75 bits per heavy atom. The first kappa shape index (κ1) is 19.4. The summed E-state index contributed by atoms with van der Waals surface area (Å²) in [5.74, 6) is 1.13. The molecule has 3 rings (SSSR count). The molecule has 0 aliphatic carbocycles. The van der Waals surface area contributed by atoms with Crippen LogP contribution >= 0.6 is 0 Å². The average molecular weight is 376 g/mol. The molecule has 6 heteroatoms. The molecule has 0 fully saturated rings. The molecule has 3 aromatic rings. The topological polar surface area (TPSA) is 76.1 Å². The first-order valence-electron chi connectivity index (χ1n) is 9.28. The lowest BCUT2D eigenvalue weighted by Crippen LogP contribution is -2.24. The van der Waals surface area contributed by atoms with Crippen molar-refractivity contribution in [3.8, 4) is 5.75 Å². The number of anilines is 1. The van der Waals surface area contributed by atoms with Gasteiger partial charge in [0, 0.05) is 18.7 Å². The zero-order chi connectivity index (χ0) is 19.6. The zero-order valence-electron chi connectivity index (χ0n) is 15.9. The maximum absolute atomic E-state index is 12.3. The van der Waals surface area contributed by atoms with E-state index in [0.717, 1.165) is 30.7 Å². The van der Waals surface area contributed by atoms with Gasteiger partial charge < -0.3 is 15.4 Å². The van der Waals surface area contributed by atoms with Gasteiger partial charge in [-0.25, -0.2) is 0 Å². The Balaban J connectivity index is 1.45. The standard InChI is InChI=1S/C22H24N4O2/c1-28-20-12-6-5-11-18(20)16-24-22(27)19-13-14-21(26-25-19)23-15-7-10-17-8-3-2-4-9-17/h2-6,8-9,11-14H,7,10,15-16H2,1H3,(H,23,26)(H,24,27). The SMILES string of the molecule is COc1ccccc1CNC(=O)c1ccc(NCCCc2ccccc2)nn1. The fourth-order valence-corrected chi connectivity index (χ4v) is 2.82. The summed E-state index contributed by atoms with van der Waals surface area (Å²) < 4.78 is 5.29. The number of aromatic nitrogens is 2. The molecule has 0 spiro atoms. The number of rotatable bonds is 9. The van der Waals surface area contributed by atoms with Crippen molar-refractivity contribution in [1.82, 2.24) is 15.5 Å². The summed E-state index contributed by atoms with van der Waals surface area (Å²) in [4.78, 5) is 12.3. The summed E-state index contributed by atoms with van der Waals surface area (Å²) >= 11 is 0. The van der Waals surface area contributed by atoms with E-state index in [-0.39, 0.29) is 11.6 Å². The van der Waals surface area contributed by atoms with Gasteiger partial charge >= 0.3 is 0 Å². The molecule has 0 radical (unpaired) electrons. The van der Waals surface area contributed by atoms with Gasteiger partial charge in [0.2, 0.25) is 0 Å². The maximum atomic E-state index is 12.3. The van der Waals surface area contributed by atoms with Gasteiger partial charge in [-0.3, -0.25) is 4.79 Å². The number of carbonyl (C=O) groups is 1. The maximum Gasteiger partial charge on any atom is 0.272 e. The van der Waals surface area contributed by atoms with Crippen LogP contribution in [-0.2, 0) is 13.0 Å². The molecule has 28 heavy (non-hydrogen) atoms. The second kappa shape index (κ2) is 10.1. The lowest BCUT2D eigenvalue weighted by molar-refractivity contribution is 0.0944. The minimum absolute atomic E-state index is 0.269. The Hall–Kier alpha value is -3.41. The normalized spacial score (nSPS) is 10.3. The highest BCUT2D eigenvalue weighted by Crippen LogP contribution is 2.16. The third-order valence-corrected chi connectivity index (χ3v) is 4.32. The second-order valence-electron chi connectivity index (χ2n) is 6.31. The monoisotopic (exact) mass is 376 g/mol. The molecule has 0 saturated heterocycles. The van der Waals surface area contributed by atoms with Crippen LogP contribution in [0, 0.1) is 0 Å². The fourth-order valence-electron chi connectivity index (χ4n) is 2.82. The number of amides is 1. The largest absolute Gasteiger partial charge is 0.496 e. The van der Waals surface area contributed by atoms with Gasteiger partial charge in [-0.1, -0.05) is 48.5 Å². The number of hydrogen-bond acceptors (Lipinski definition) is 5. The predicted molar refractivity (Wildman–Crippen MR) is 109 cm³/mol. The number of aryl methyl sites for hydroxylation is 1. The van der Waals surface area contributed by atoms with Crippen molar-refractivity contribution in [1.29, 1.82) is 0 Å². The van der Waals surface area contributed by atoms with Crippen molar-refractivity contribution in [2.45, 2.75) is 19.4 Å². The minimum Gasteiger partial charge on any atom is -0.496 e. The van der Waals surface area contributed by atoms with Crippen molar-refractivity contribution in [2.75, 3.05) is 19.0 Å². The number of para-hydroxylation sites is 1. The number of benzene rings is 2. The highest BCUT2D eigenvalue weighted by Gasteiger charge is 2.09. The molecule has 1 amide bonds. The lowest BCUT2D eigenvalue weighted by atomic mass is 10.1. The molecule has 1 heterocycles. The molecule has 0 aliphatic heterocycles. The van der Waals surface area contributed by atoms with E-state index in [0.29, 0.717) is 12.4 Å². The van der Waals surface area contributed by atoms with E-state index in [1.54, 1.807) is 19.2 Å². The summed E-state index contributed by atoms with van der Waals surface area (Å²) in [6.45, 7) is 1.16. The van der Waals surface area contributed by atoms with Crippen molar-refractivity contribution in [3.63, 3.8) is 0 Å². The molecule has 6 nitrogen and oxygen atoms in total. The lowest BCUT2D eigenvalue weighted by Gasteiger charge is -2.09. The second-order valence-corrected chi connectivity index (χ2v) is 6.31. The van der Waals surface area contributed by atoms with Gasteiger partial charge in [0.15, 0.2) is 5.69 Å². The van der Waals surface area contributed by atoms with Gasteiger partial charge in [0.1, 0.15) is 11.6 Å². The molecular weight excluding hydrogens is 352 g/mol. The highest BCUT2D eigenvalue weighted by molar-refractivity contribution is 5.92. The molecule has 1 aromatic heterocycles. The summed E-state index contributed by atoms with van der Waals surface area (Å²) in [7, 11) is 1.61. The van der Waals surface area contributed by atoms with Crippen molar-refractivity contribution in [3.05, 3.63) is 83.6 Å². The zero-order valence-corrected chi connectivity index (χ0v) is 15.9. The van der Waals surface area contributed by atoms with E-state index in [1.807, 2.05) is 42.5 Å². The van der Waals surface area contributed by atoms with E-state index in [1.165, 1.54) is 5.56 Å². The Kier molecular flexibility index (Phi) is 6.95. The molecule has 0 atom stereocenters. The predicted octanol–water partition coefficient (Wildman–Crippen LogP) is 3.46. The van der Waals surface area contributed by atoms with Crippen LogP contribution < -0.4 is 15.4 Å². The van der Waals surface area contributed by atoms with Crippen molar-refractivity contribution in [2.24, 2.45) is 0 Å². The van der Waals surface area contributed by atoms with Gasteiger partial charge in [0.25, 0.3) is 5.91 Å². The van der Waals surface area contributed by atoms with Crippen LogP contribution in [0.25, 0.3) is 0 Å². The van der Waals surface area contributed by atoms with Gasteiger partial charge in [-0.15, -0.1) is 10.2 Å². The summed E-state index contributed by atoms with van der Waals surface area (Å²) in [5, 5.41) is 14.2. The van der Waals surface area contributed by atoms with Gasteiger partial charge in [-0.2, -0.15) is 0 Å². The van der Waals surface area contributed by atoms with Crippen LogP contribution in [0.2, 0.25) is 0 Å². The highest BCUT2D eigenvalue weighted by atomic mass is 16.5. The van der Waals surface area contributed by atoms with Crippen LogP contribution in [-0.4, -0.2) is 29.8 Å². The number of carbonyl (C=O) groups excluding carboxylic acids is 1. The quantitative estimate of drug-likeness (QED) is 0.559. The van der Waals surface area contributed by atoms with E-state index in [9.17, 15) is 4.79 Å². The first-order chi connectivity index (χ1) is 13.8. The molecule has 2 N–H and O–H groups in total. The first-order valence-corrected chi connectivity index (χ1v) is 9.28. The average Bonchev–Trinajstić information content (AvgIpc) is 2.76. The van der Waals surface area contributed by atoms with E-state index < -0.39 is 0 Å². The molecule has 0 aliphatic rings. The number of nitrogens with zero attached hydrogens (tertiary/aromatic N) is 2. The van der Waals surface area contributed by atoms with E-state index >= 15 is 0 Å². The molecular formula is C22H24N4O2. The van der Waals surface area contributed by atoms with E-state index in [2.05, 4.69) is 33.0 Å². The van der Waals surface area contributed by atoms with E-state index in [4.69, 9.17) is 4.74 Å². The number of hydrogen-bond donors (Lipinski definition) is 2. The molecule has 2 aromatic carbocycles. The number of methoxy groups -OCH3 is 1. The van der Waals surface area contributed by atoms with Crippen LogP contribution in [0.5, 0.6) is 5.75 Å². The molecule has 0 unspecified atom stereocenters. The number of ether oxygens (including phenoxy) is 1. The minimum atomic E-state index is -0.269. The Bertz CT molecular complexity index is 883. The van der Waals surface area contributed by atoms with Crippen LogP contribution in [0.4, 0.5) is 5.82 Å². The summed E-state index contributed by atoms with van der Waals surface area (Å²) in [6.07, 6.45) is 2.00. The molecule has 144 valence electrons. The molecule has 0 saturated carbocycles. The van der Waals surface area contributed by atoms with Crippen LogP contribution in [0.3, 0.4) is 0 Å². The Morgan fingerprint density at radius 1 is 0.964 bits per heavy atom. The summed E-state index contributed by atoms with van der Waals surface area (Å²) in [5.41, 5.74) is 2.50. The van der Waals surface area contributed by atoms with Crippen molar-refractivity contribution < 1.29 is 9.53 Å². The van der Waals surface area contributed by atoms with Crippen molar-refractivity contribution >= 4 is 11.7 Å². The molecule has 0 bridgehead atoms. The Labute approximate surface area is 165 Å². The van der Waals surface area contributed by atoms with Gasteiger partial charge in [0.05, 0.1) is 7.11 Å². The smallest absolute Gasteiger partial charge is 0.272 e. The third kappa shape index (κ3) is 5.54.